The number of para-hydroxylation sites is 1. The summed E-state index contributed by atoms with van der Waals surface area (Å²) in [6, 6.07) is 17.3. The van der Waals surface area contributed by atoms with Gasteiger partial charge in [-0.15, -0.1) is 0 Å². The molecule has 36 heavy (non-hydrogen) atoms. The Kier molecular flexibility index (Phi) is 8.46. The molecule has 2 aliphatic heterocycles. The quantitative estimate of drug-likeness (QED) is 0.582. The minimum atomic E-state index is -0.537. The highest BCUT2D eigenvalue weighted by Gasteiger charge is 2.44. The SMILES string of the molecule is CCCCN1C(=O)CC(C(=O)NCC(=O)N2CCN(c3ccccc3)CC2)C1c1ccc(OC)cc1. The van der Waals surface area contributed by atoms with Crippen molar-refractivity contribution < 1.29 is 19.1 Å². The summed E-state index contributed by atoms with van der Waals surface area (Å²) in [6.45, 7) is 5.38. The van der Waals surface area contributed by atoms with Gasteiger partial charge in [0.05, 0.1) is 25.6 Å². The van der Waals surface area contributed by atoms with Crippen LogP contribution < -0.4 is 15.0 Å². The standard InChI is InChI=1S/C28H36N4O4/c1-3-4-14-32-25(33)19-24(27(32)21-10-12-23(36-2)13-11-21)28(35)29-20-26(34)31-17-15-30(16-18-31)22-8-6-5-7-9-22/h5-13,24,27H,3-4,14-20H2,1-2H3,(H,29,35). The summed E-state index contributed by atoms with van der Waals surface area (Å²) >= 11 is 0. The molecule has 1 N–H and O–H groups in total. The molecule has 0 radical (unpaired) electrons. The van der Waals surface area contributed by atoms with E-state index in [0.29, 0.717) is 19.6 Å². The van der Waals surface area contributed by atoms with Crippen molar-refractivity contribution in [2.75, 3.05) is 51.3 Å². The molecule has 2 saturated heterocycles. The van der Waals surface area contributed by atoms with E-state index in [1.807, 2.05) is 47.4 Å². The van der Waals surface area contributed by atoms with Gasteiger partial charge in [-0.3, -0.25) is 14.4 Å². The van der Waals surface area contributed by atoms with Crippen LogP contribution in [0.4, 0.5) is 5.69 Å². The molecule has 2 heterocycles. The van der Waals surface area contributed by atoms with E-state index in [4.69, 9.17) is 4.74 Å². The second kappa shape index (κ2) is 11.9. The summed E-state index contributed by atoms with van der Waals surface area (Å²) in [4.78, 5) is 44.9. The molecule has 192 valence electrons. The number of anilines is 1. The molecule has 4 rings (SSSR count). The maximum atomic E-state index is 13.2. The minimum absolute atomic E-state index is 0.0206. The maximum absolute atomic E-state index is 13.2. The molecule has 2 fully saturated rings. The topological polar surface area (TPSA) is 82.2 Å². The summed E-state index contributed by atoms with van der Waals surface area (Å²) < 4.78 is 5.27. The fraction of sp³-hybridized carbons (Fsp3) is 0.464. The first kappa shape index (κ1) is 25.5. The van der Waals surface area contributed by atoms with Crippen LogP contribution >= 0.6 is 0 Å². The third-order valence-electron chi connectivity index (χ3n) is 7.15. The van der Waals surface area contributed by atoms with Crippen molar-refractivity contribution in [2.24, 2.45) is 5.92 Å². The van der Waals surface area contributed by atoms with E-state index < -0.39 is 5.92 Å². The number of amides is 3. The van der Waals surface area contributed by atoms with Gasteiger partial charge in [0.2, 0.25) is 17.7 Å². The first-order chi connectivity index (χ1) is 17.5. The van der Waals surface area contributed by atoms with Gasteiger partial charge in [-0.2, -0.15) is 0 Å². The molecule has 8 nitrogen and oxygen atoms in total. The number of nitrogens with zero attached hydrogens (tertiary/aromatic N) is 3. The fourth-order valence-corrected chi connectivity index (χ4v) is 5.09. The zero-order valence-electron chi connectivity index (χ0n) is 21.2. The predicted octanol–water partition coefficient (Wildman–Crippen LogP) is 2.85. The van der Waals surface area contributed by atoms with Gasteiger partial charge in [0, 0.05) is 44.8 Å². The highest BCUT2D eigenvalue weighted by Crippen LogP contribution is 2.39. The first-order valence-corrected chi connectivity index (χ1v) is 12.8. The molecule has 2 aliphatic rings. The number of rotatable bonds is 9. The second-order valence-electron chi connectivity index (χ2n) is 9.39. The third-order valence-corrected chi connectivity index (χ3v) is 7.15. The number of piperazine rings is 1. The van der Waals surface area contributed by atoms with Gasteiger partial charge in [0.1, 0.15) is 5.75 Å². The lowest BCUT2D eigenvalue weighted by Crippen LogP contribution is -2.51. The number of carbonyl (C=O) groups excluding carboxylic acids is 3. The molecular formula is C28H36N4O4. The maximum Gasteiger partial charge on any atom is 0.242 e. The van der Waals surface area contributed by atoms with Crippen molar-refractivity contribution in [3.63, 3.8) is 0 Å². The van der Waals surface area contributed by atoms with Crippen LogP contribution in [0.5, 0.6) is 5.75 Å². The Labute approximate surface area is 213 Å². The molecule has 3 amide bonds. The van der Waals surface area contributed by atoms with Gasteiger partial charge in [-0.1, -0.05) is 43.7 Å². The monoisotopic (exact) mass is 492 g/mol. The number of hydrogen-bond donors (Lipinski definition) is 1. The van der Waals surface area contributed by atoms with E-state index in [1.54, 1.807) is 12.0 Å². The number of hydrogen-bond acceptors (Lipinski definition) is 5. The molecule has 2 atom stereocenters. The van der Waals surface area contributed by atoms with Gasteiger partial charge in [-0.25, -0.2) is 0 Å². The molecule has 8 heteroatoms. The van der Waals surface area contributed by atoms with Crippen LogP contribution in [0.2, 0.25) is 0 Å². The lowest BCUT2D eigenvalue weighted by Gasteiger charge is -2.36. The largest absolute Gasteiger partial charge is 0.497 e. The van der Waals surface area contributed by atoms with E-state index in [-0.39, 0.29) is 36.7 Å². The first-order valence-electron chi connectivity index (χ1n) is 12.8. The Morgan fingerprint density at radius 1 is 1.00 bits per heavy atom. The number of nitrogens with one attached hydrogen (secondary N) is 1. The van der Waals surface area contributed by atoms with Gasteiger partial charge < -0.3 is 24.8 Å². The van der Waals surface area contributed by atoms with Crippen LogP contribution in [0.3, 0.4) is 0 Å². The summed E-state index contributed by atoms with van der Waals surface area (Å²) in [5, 5.41) is 2.84. The average Bonchev–Trinajstić information content (AvgIpc) is 3.26. The number of carbonyl (C=O) groups is 3. The molecule has 0 bridgehead atoms. The molecule has 0 aliphatic carbocycles. The van der Waals surface area contributed by atoms with Crippen LogP contribution in [0.25, 0.3) is 0 Å². The van der Waals surface area contributed by atoms with Crippen molar-refractivity contribution in [1.82, 2.24) is 15.1 Å². The molecule has 2 unspecified atom stereocenters. The number of benzene rings is 2. The minimum Gasteiger partial charge on any atom is -0.497 e. The molecule has 0 saturated carbocycles. The third kappa shape index (κ3) is 5.80. The van der Waals surface area contributed by atoms with Crippen molar-refractivity contribution in [2.45, 2.75) is 32.2 Å². The zero-order valence-corrected chi connectivity index (χ0v) is 21.2. The summed E-state index contributed by atoms with van der Waals surface area (Å²) in [5.41, 5.74) is 2.06. The van der Waals surface area contributed by atoms with Crippen LogP contribution in [0.15, 0.2) is 54.6 Å². The molecule has 2 aromatic carbocycles. The van der Waals surface area contributed by atoms with Crippen molar-refractivity contribution in [3.8, 4) is 5.75 Å². The Hall–Kier alpha value is -3.55. The van der Waals surface area contributed by atoms with Crippen molar-refractivity contribution in [3.05, 3.63) is 60.2 Å². The normalized spacial score (nSPS) is 19.9. The van der Waals surface area contributed by atoms with Crippen LogP contribution in [-0.4, -0.2) is 73.9 Å². The van der Waals surface area contributed by atoms with Crippen molar-refractivity contribution in [1.29, 1.82) is 0 Å². The van der Waals surface area contributed by atoms with Crippen LogP contribution in [0.1, 0.15) is 37.8 Å². The molecule has 2 aromatic rings. The van der Waals surface area contributed by atoms with Gasteiger partial charge >= 0.3 is 0 Å². The van der Waals surface area contributed by atoms with Gasteiger partial charge in [-0.05, 0) is 36.2 Å². The van der Waals surface area contributed by atoms with Crippen molar-refractivity contribution >= 4 is 23.4 Å². The van der Waals surface area contributed by atoms with E-state index in [2.05, 4.69) is 29.3 Å². The molecule has 0 aromatic heterocycles. The molecule has 0 spiro atoms. The van der Waals surface area contributed by atoms with Gasteiger partial charge in [0.15, 0.2) is 0 Å². The summed E-state index contributed by atoms with van der Waals surface area (Å²) in [5.74, 6) is -0.177. The van der Waals surface area contributed by atoms with E-state index in [1.165, 1.54) is 0 Å². The van der Waals surface area contributed by atoms with Crippen LogP contribution in [-0.2, 0) is 14.4 Å². The van der Waals surface area contributed by atoms with E-state index in [9.17, 15) is 14.4 Å². The van der Waals surface area contributed by atoms with Gasteiger partial charge in [0.25, 0.3) is 0 Å². The smallest absolute Gasteiger partial charge is 0.242 e. The summed E-state index contributed by atoms with van der Waals surface area (Å²) in [7, 11) is 1.61. The molecular weight excluding hydrogens is 456 g/mol. The zero-order chi connectivity index (χ0) is 25.5. The Morgan fingerprint density at radius 2 is 1.69 bits per heavy atom. The number of unbranched alkanes of at least 4 members (excludes halogenated alkanes) is 1. The second-order valence-corrected chi connectivity index (χ2v) is 9.39. The average molecular weight is 493 g/mol. The fourth-order valence-electron chi connectivity index (χ4n) is 5.09. The number of methoxy groups -OCH3 is 1. The highest BCUT2D eigenvalue weighted by molar-refractivity contribution is 5.92. The van der Waals surface area contributed by atoms with E-state index in [0.717, 1.165) is 42.9 Å². The number of ether oxygens (including phenoxy) is 1. The number of likely N-dealkylation sites (tertiary alicyclic amines) is 1. The predicted molar refractivity (Wildman–Crippen MR) is 139 cm³/mol. The highest BCUT2D eigenvalue weighted by atomic mass is 16.5. The Balaban J connectivity index is 1.36. The Bertz CT molecular complexity index is 1040. The summed E-state index contributed by atoms with van der Waals surface area (Å²) in [6.07, 6.45) is 1.98. The van der Waals surface area contributed by atoms with Crippen LogP contribution in [0, 0.1) is 5.92 Å². The van der Waals surface area contributed by atoms with E-state index >= 15 is 0 Å². The Morgan fingerprint density at radius 3 is 2.33 bits per heavy atom. The lowest BCUT2D eigenvalue weighted by atomic mass is 9.92. The lowest BCUT2D eigenvalue weighted by molar-refractivity contribution is -0.134.